The molecule has 1 atom stereocenters. The van der Waals surface area contributed by atoms with Crippen molar-refractivity contribution in [1.82, 2.24) is 4.90 Å². The van der Waals surface area contributed by atoms with Crippen molar-refractivity contribution in [2.24, 2.45) is 5.73 Å². The summed E-state index contributed by atoms with van der Waals surface area (Å²) in [5, 5.41) is 0. The third kappa shape index (κ3) is 2.82. The summed E-state index contributed by atoms with van der Waals surface area (Å²) in [6.45, 7) is 5.87. The highest BCUT2D eigenvalue weighted by molar-refractivity contribution is 5.77. The topological polar surface area (TPSA) is 55.6 Å². The molecule has 74 valence electrons. The zero-order chi connectivity index (χ0) is 9.68. The molecule has 1 unspecified atom stereocenters. The van der Waals surface area contributed by atoms with Crippen LogP contribution in [-0.2, 0) is 9.53 Å². The van der Waals surface area contributed by atoms with E-state index in [-0.39, 0.29) is 12.0 Å². The summed E-state index contributed by atoms with van der Waals surface area (Å²) < 4.78 is 5.34. The summed E-state index contributed by atoms with van der Waals surface area (Å²) in [7, 11) is 0. The van der Waals surface area contributed by atoms with E-state index in [1.165, 1.54) is 0 Å². The number of nitrogens with zero attached hydrogens (tertiary/aromatic N) is 1. The van der Waals surface area contributed by atoms with Crippen LogP contribution in [0.2, 0.25) is 0 Å². The predicted molar refractivity (Wildman–Crippen MR) is 50.2 cm³/mol. The van der Waals surface area contributed by atoms with Gasteiger partial charge in [-0.1, -0.05) is 6.08 Å². The van der Waals surface area contributed by atoms with E-state index in [0.717, 1.165) is 0 Å². The Morgan fingerprint density at radius 3 is 3.15 bits per heavy atom. The lowest BCUT2D eigenvalue weighted by atomic mass is 10.2. The fourth-order valence-corrected chi connectivity index (χ4v) is 1.34. The molecule has 0 aromatic rings. The van der Waals surface area contributed by atoms with Gasteiger partial charge in [-0.15, -0.1) is 6.58 Å². The Kier molecular flexibility index (Phi) is 3.92. The summed E-state index contributed by atoms with van der Waals surface area (Å²) in [5.41, 5.74) is 5.46. The molecule has 0 aliphatic carbocycles. The summed E-state index contributed by atoms with van der Waals surface area (Å²) in [6.07, 6.45) is 2.02. The molecule has 1 saturated heterocycles. The lowest BCUT2D eigenvalue weighted by molar-refractivity contribution is -0.137. The maximum Gasteiger partial charge on any atom is 0.226 e. The van der Waals surface area contributed by atoms with Crippen LogP contribution in [0.5, 0.6) is 0 Å². The number of carbonyl (C=O) groups is 1. The number of rotatable bonds is 3. The van der Waals surface area contributed by atoms with Crippen LogP contribution in [0.25, 0.3) is 0 Å². The van der Waals surface area contributed by atoms with Crippen LogP contribution in [0.3, 0.4) is 0 Å². The molecule has 4 nitrogen and oxygen atoms in total. The third-order valence-electron chi connectivity index (χ3n) is 2.07. The van der Waals surface area contributed by atoms with Crippen molar-refractivity contribution < 1.29 is 9.53 Å². The molecular formula is C9H16N2O2. The number of morpholine rings is 1. The molecule has 1 rings (SSSR count). The van der Waals surface area contributed by atoms with Gasteiger partial charge >= 0.3 is 0 Å². The Morgan fingerprint density at radius 1 is 1.77 bits per heavy atom. The zero-order valence-electron chi connectivity index (χ0n) is 7.74. The van der Waals surface area contributed by atoms with Crippen LogP contribution in [0, 0.1) is 0 Å². The highest BCUT2D eigenvalue weighted by atomic mass is 16.5. The Bertz CT molecular complexity index is 194. The predicted octanol–water partition coefficient (Wildman–Crippen LogP) is -0.251. The van der Waals surface area contributed by atoms with Crippen LogP contribution in [0.15, 0.2) is 12.7 Å². The number of ether oxygens (including phenoxy) is 1. The first kappa shape index (κ1) is 10.2. The van der Waals surface area contributed by atoms with E-state index in [1.54, 1.807) is 11.0 Å². The Labute approximate surface area is 78.3 Å². The van der Waals surface area contributed by atoms with Crippen LogP contribution >= 0.6 is 0 Å². The molecule has 1 aliphatic rings. The molecule has 0 spiro atoms. The standard InChI is InChI=1S/C9H16N2O2/c1-2-3-9(12)11-4-5-13-8(6-10)7-11/h2,8H,1,3-7,10H2. The van der Waals surface area contributed by atoms with Crippen molar-refractivity contribution in [3.63, 3.8) is 0 Å². The van der Waals surface area contributed by atoms with Crippen molar-refractivity contribution in [1.29, 1.82) is 0 Å². The van der Waals surface area contributed by atoms with Crippen LogP contribution in [0.1, 0.15) is 6.42 Å². The summed E-state index contributed by atoms with van der Waals surface area (Å²) in [5.74, 6) is 0.108. The van der Waals surface area contributed by atoms with Gasteiger partial charge < -0.3 is 15.4 Å². The highest BCUT2D eigenvalue weighted by Crippen LogP contribution is 2.05. The quantitative estimate of drug-likeness (QED) is 0.615. The van der Waals surface area contributed by atoms with Gasteiger partial charge in [0.25, 0.3) is 0 Å². The first-order valence-corrected chi connectivity index (χ1v) is 4.48. The monoisotopic (exact) mass is 184 g/mol. The number of carbonyl (C=O) groups excluding carboxylic acids is 1. The molecule has 4 heteroatoms. The Morgan fingerprint density at radius 2 is 2.54 bits per heavy atom. The van der Waals surface area contributed by atoms with Gasteiger partial charge in [0.2, 0.25) is 5.91 Å². The van der Waals surface area contributed by atoms with Gasteiger partial charge in [0.15, 0.2) is 0 Å². The van der Waals surface area contributed by atoms with E-state index < -0.39 is 0 Å². The number of nitrogens with two attached hydrogens (primary N) is 1. The number of hydrogen-bond donors (Lipinski definition) is 1. The average Bonchev–Trinajstić information content (AvgIpc) is 2.18. The smallest absolute Gasteiger partial charge is 0.226 e. The van der Waals surface area contributed by atoms with Gasteiger partial charge in [-0.05, 0) is 0 Å². The van der Waals surface area contributed by atoms with Crippen LogP contribution < -0.4 is 5.73 Å². The van der Waals surface area contributed by atoms with Gasteiger partial charge in [-0.25, -0.2) is 0 Å². The summed E-state index contributed by atoms with van der Waals surface area (Å²) in [4.78, 5) is 13.2. The van der Waals surface area contributed by atoms with Gasteiger partial charge in [0.05, 0.1) is 12.7 Å². The van der Waals surface area contributed by atoms with Crippen molar-refractivity contribution in [3.8, 4) is 0 Å². The molecule has 0 aromatic carbocycles. The van der Waals surface area contributed by atoms with Crippen LogP contribution in [0.4, 0.5) is 0 Å². The van der Waals surface area contributed by atoms with Gasteiger partial charge in [-0.2, -0.15) is 0 Å². The van der Waals surface area contributed by atoms with Gasteiger partial charge in [0, 0.05) is 26.1 Å². The maximum atomic E-state index is 11.4. The third-order valence-corrected chi connectivity index (χ3v) is 2.07. The lowest BCUT2D eigenvalue weighted by Gasteiger charge is -2.32. The molecule has 1 heterocycles. The largest absolute Gasteiger partial charge is 0.373 e. The summed E-state index contributed by atoms with van der Waals surface area (Å²) in [6, 6.07) is 0. The molecule has 0 radical (unpaired) electrons. The first-order valence-electron chi connectivity index (χ1n) is 4.48. The van der Waals surface area contributed by atoms with E-state index >= 15 is 0 Å². The van der Waals surface area contributed by atoms with E-state index in [4.69, 9.17) is 10.5 Å². The number of amides is 1. The fraction of sp³-hybridized carbons (Fsp3) is 0.667. The molecule has 0 saturated carbocycles. The van der Waals surface area contributed by atoms with E-state index in [0.29, 0.717) is 32.7 Å². The van der Waals surface area contributed by atoms with Crippen molar-refractivity contribution in [2.75, 3.05) is 26.2 Å². The van der Waals surface area contributed by atoms with Crippen molar-refractivity contribution in [2.45, 2.75) is 12.5 Å². The van der Waals surface area contributed by atoms with Gasteiger partial charge in [-0.3, -0.25) is 4.79 Å². The van der Waals surface area contributed by atoms with Crippen LogP contribution in [-0.4, -0.2) is 43.2 Å². The second-order valence-corrected chi connectivity index (χ2v) is 3.06. The molecule has 0 bridgehead atoms. The maximum absolute atomic E-state index is 11.4. The van der Waals surface area contributed by atoms with Crippen molar-refractivity contribution >= 4 is 5.91 Å². The normalized spacial score (nSPS) is 22.8. The minimum atomic E-state index is 0.00233. The van der Waals surface area contributed by atoms with E-state index in [9.17, 15) is 4.79 Å². The molecule has 13 heavy (non-hydrogen) atoms. The zero-order valence-corrected chi connectivity index (χ0v) is 7.74. The fourth-order valence-electron chi connectivity index (χ4n) is 1.34. The van der Waals surface area contributed by atoms with Crippen molar-refractivity contribution in [3.05, 3.63) is 12.7 Å². The minimum absolute atomic E-state index is 0.00233. The second-order valence-electron chi connectivity index (χ2n) is 3.06. The molecule has 2 N–H and O–H groups in total. The molecule has 1 amide bonds. The SMILES string of the molecule is C=CCC(=O)N1CCOC(CN)C1. The first-order chi connectivity index (χ1) is 6.27. The summed E-state index contributed by atoms with van der Waals surface area (Å²) >= 11 is 0. The second kappa shape index (κ2) is 4.99. The van der Waals surface area contributed by atoms with E-state index in [1.807, 2.05) is 0 Å². The molecule has 1 aliphatic heterocycles. The Hall–Kier alpha value is -0.870. The van der Waals surface area contributed by atoms with Gasteiger partial charge in [0.1, 0.15) is 0 Å². The highest BCUT2D eigenvalue weighted by Gasteiger charge is 2.21. The minimum Gasteiger partial charge on any atom is -0.373 e. The number of hydrogen-bond acceptors (Lipinski definition) is 3. The lowest BCUT2D eigenvalue weighted by Crippen LogP contribution is -2.47. The van der Waals surface area contributed by atoms with E-state index in [2.05, 4.69) is 6.58 Å². The molecule has 0 aromatic heterocycles. The molecular weight excluding hydrogens is 168 g/mol. The Balaban J connectivity index is 2.41. The molecule has 1 fully saturated rings. The average molecular weight is 184 g/mol.